The molecule has 0 saturated heterocycles. The van der Waals surface area contributed by atoms with E-state index in [1.807, 2.05) is 11.8 Å². The molecule has 1 spiro atoms. The average Bonchev–Trinajstić information content (AvgIpc) is 2.51. The van der Waals surface area contributed by atoms with Gasteiger partial charge in [0.2, 0.25) is 0 Å². The van der Waals surface area contributed by atoms with E-state index in [0.29, 0.717) is 5.41 Å². The molecule has 0 aromatic heterocycles. The van der Waals surface area contributed by atoms with Gasteiger partial charge >= 0.3 is 0 Å². The number of anilines is 2. The largest absolute Gasteiger partial charge is 0.378 e. The number of benzene rings is 1. The van der Waals surface area contributed by atoms with Crippen LogP contribution in [0.25, 0.3) is 0 Å². The van der Waals surface area contributed by atoms with Crippen LogP contribution in [0.2, 0.25) is 0 Å². The zero-order valence-electron chi connectivity index (χ0n) is 13.1. The standard InChI is InChI=1S/C17H25N3S/c1-20(2)15-8-6-7-14(11-15)19-16-18-12-17(13-21-16)9-4-3-5-10-17/h6-8,11H,3-5,9-10,12-13H2,1-2H3,(H,18,19). The molecule has 1 aliphatic carbocycles. The summed E-state index contributed by atoms with van der Waals surface area (Å²) in [5, 5.41) is 4.57. The van der Waals surface area contributed by atoms with Crippen LogP contribution in [0.3, 0.4) is 0 Å². The summed E-state index contributed by atoms with van der Waals surface area (Å²) >= 11 is 1.90. The van der Waals surface area contributed by atoms with Crippen molar-refractivity contribution in [3.8, 4) is 0 Å². The van der Waals surface area contributed by atoms with Gasteiger partial charge in [-0.1, -0.05) is 37.1 Å². The van der Waals surface area contributed by atoms with Crippen molar-refractivity contribution in [3.63, 3.8) is 0 Å². The Balaban J connectivity index is 1.65. The van der Waals surface area contributed by atoms with E-state index in [0.717, 1.165) is 17.4 Å². The maximum absolute atomic E-state index is 4.83. The van der Waals surface area contributed by atoms with Gasteiger partial charge in [-0.2, -0.15) is 0 Å². The molecule has 1 aliphatic heterocycles. The highest BCUT2D eigenvalue weighted by Crippen LogP contribution is 2.42. The molecule has 4 heteroatoms. The van der Waals surface area contributed by atoms with Crippen LogP contribution in [0.15, 0.2) is 29.3 Å². The van der Waals surface area contributed by atoms with Gasteiger partial charge in [-0.3, -0.25) is 4.99 Å². The summed E-state index contributed by atoms with van der Waals surface area (Å²) in [5.41, 5.74) is 2.84. The fraction of sp³-hybridized carbons (Fsp3) is 0.588. The summed E-state index contributed by atoms with van der Waals surface area (Å²) in [6, 6.07) is 8.50. The molecule has 21 heavy (non-hydrogen) atoms. The summed E-state index contributed by atoms with van der Waals surface area (Å²) in [5.74, 6) is 1.23. The van der Waals surface area contributed by atoms with Crippen LogP contribution < -0.4 is 10.2 Å². The van der Waals surface area contributed by atoms with Crippen LogP contribution >= 0.6 is 11.8 Å². The van der Waals surface area contributed by atoms with Crippen molar-refractivity contribution in [3.05, 3.63) is 24.3 Å². The molecule has 3 nitrogen and oxygen atoms in total. The SMILES string of the molecule is CN(C)c1cccc(NC2=NCC3(CCCCC3)CS2)c1. The minimum Gasteiger partial charge on any atom is -0.378 e. The molecule has 1 fully saturated rings. The Morgan fingerprint density at radius 3 is 2.67 bits per heavy atom. The van der Waals surface area contributed by atoms with E-state index in [1.165, 1.54) is 43.5 Å². The van der Waals surface area contributed by atoms with Crippen LogP contribution in [0.5, 0.6) is 0 Å². The van der Waals surface area contributed by atoms with Gasteiger partial charge in [-0.05, 0) is 36.5 Å². The summed E-state index contributed by atoms with van der Waals surface area (Å²) in [7, 11) is 4.14. The summed E-state index contributed by atoms with van der Waals surface area (Å²) < 4.78 is 0. The van der Waals surface area contributed by atoms with Gasteiger partial charge in [-0.15, -0.1) is 0 Å². The minimum atomic E-state index is 0.500. The van der Waals surface area contributed by atoms with Gasteiger partial charge in [0.05, 0.1) is 0 Å². The fourth-order valence-corrected chi connectivity index (χ4v) is 4.39. The van der Waals surface area contributed by atoms with Crippen molar-refractivity contribution in [2.45, 2.75) is 32.1 Å². The number of rotatable bonds is 2. The molecule has 1 saturated carbocycles. The Hall–Kier alpha value is -1.16. The summed E-state index contributed by atoms with van der Waals surface area (Å²) in [6.45, 7) is 1.01. The second kappa shape index (κ2) is 6.30. The zero-order valence-corrected chi connectivity index (χ0v) is 13.9. The number of aliphatic imine (C=N–C) groups is 1. The van der Waals surface area contributed by atoms with Crippen molar-refractivity contribution in [2.24, 2.45) is 10.4 Å². The van der Waals surface area contributed by atoms with Crippen LogP contribution in [0.4, 0.5) is 11.4 Å². The van der Waals surface area contributed by atoms with Crippen molar-refractivity contribution in [1.82, 2.24) is 0 Å². The lowest BCUT2D eigenvalue weighted by molar-refractivity contribution is 0.232. The Kier molecular flexibility index (Phi) is 4.43. The lowest BCUT2D eigenvalue weighted by atomic mass is 9.75. The maximum Gasteiger partial charge on any atom is 0.161 e. The predicted octanol–water partition coefficient (Wildman–Crippen LogP) is 4.22. The molecule has 0 amide bonds. The first-order valence-electron chi connectivity index (χ1n) is 7.89. The normalized spacial score (nSPS) is 21.0. The lowest BCUT2D eigenvalue weighted by Crippen LogP contribution is -2.35. The monoisotopic (exact) mass is 303 g/mol. The van der Waals surface area contributed by atoms with Crippen molar-refractivity contribution in [1.29, 1.82) is 0 Å². The van der Waals surface area contributed by atoms with Gasteiger partial charge in [0.25, 0.3) is 0 Å². The molecule has 1 aromatic rings. The van der Waals surface area contributed by atoms with Crippen molar-refractivity contribution < 1.29 is 0 Å². The van der Waals surface area contributed by atoms with E-state index in [2.05, 4.69) is 48.6 Å². The molecule has 3 rings (SSSR count). The number of amidine groups is 1. The molecular weight excluding hydrogens is 278 g/mol. The zero-order chi connectivity index (χ0) is 14.7. The molecule has 0 radical (unpaired) electrons. The van der Waals surface area contributed by atoms with E-state index in [9.17, 15) is 0 Å². The first kappa shape index (κ1) is 14.8. The van der Waals surface area contributed by atoms with Crippen LogP contribution in [-0.2, 0) is 0 Å². The molecule has 114 valence electrons. The second-order valence-corrected chi connectivity index (χ2v) is 7.50. The smallest absolute Gasteiger partial charge is 0.161 e. The fourth-order valence-electron chi connectivity index (χ4n) is 3.22. The number of nitrogens with one attached hydrogen (secondary N) is 1. The van der Waals surface area contributed by atoms with E-state index < -0.39 is 0 Å². The lowest BCUT2D eigenvalue weighted by Gasteiger charge is -2.38. The van der Waals surface area contributed by atoms with Gasteiger partial charge in [0.15, 0.2) is 5.17 Å². The Labute approximate surface area is 132 Å². The molecule has 1 heterocycles. The summed E-state index contributed by atoms with van der Waals surface area (Å²) in [6.07, 6.45) is 6.94. The van der Waals surface area contributed by atoms with E-state index in [-0.39, 0.29) is 0 Å². The van der Waals surface area contributed by atoms with E-state index in [4.69, 9.17) is 4.99 Å². The van der Waals surface area contributed by atoms with Gasteiger partial charge in [-0.25, -0.2) is 0 Å². The summed E-state index contributed by atoms with van der Waals surface area (Å²) in [4.78, 5) is 6.95. The Morgan fingerprint density at radius 2 is 2.00 bits per heavy atom. The molecule has 0 unspecified atom stereocenters. The molecule has 2 aliphatic rings. The van der Waals surface area contributed by atoms with Crippen LogP contribution in [-0.4, -0.2) is 31.6 Å². The highest BCUT2D eigenvalue weighted by molar-refractivity contribution is 8.14. The molecule has 0 atom stereocenters. The van der Waals surface area contributed by atoms with E-state index in [1.54, 1.807) is 0 Å². The number of thioether (sulfide) groups is 1. The molecule has 1 aromatic carbocycles. The topological polar surface area (TPSA) is 27.6 Å². The molecule has 0 bridgehead atoms. The van der Waals surface area contributed by atoms with Crippen molar-refractivity contribution >= 4 is 28.3 Å². The predicted molar refractivity (Wildman–Crippen MR) is 94.7 cm³/mol. The first-order chi connectivity index (χ1) is 10.2. The quantitative estimate of drug-likeness (QED) is 0.886. The molecule has 1 N–H and O–H groups in total. The Bertz CT molecular complexity index is 519. The number of nitrogens with zero attached hydrogens (tertiary/aromatic N) is 2. The first-order valence-corrected chi connectivity index (χ1v) is 8.87. The van der Waals surface area contributed by atoms with Gasteiger partial charge < -0.3 is 10.2 Å². The Morgan fingerprint density at radius 1 is 1.19 bits per heavy atom. The van der Waals surface area contributed by atoms with Gasteiger partial charge in [0, 0.05) is 37.8 Å². The maximum atomic E-state index is 4.83. The van der Waals surface area contributed by atoms with Gasteiger partial charge in [0.1, 0.15) is 0 Å². The van der Waals surface area contributed by atoms with E-state index >= 15 is 0 Å². The third-order valence-corrected chi connectivity index (χ3v) is 5.86. The highest BCUT2D eigenvalue weighted by Gasteiger charge is 2.34. The van der Waals surface area contributed by atoms with Crippen molar-refractivity contribution in [2.75, 3.05) is 36.6 Å². The van der Waals surface area contributed by atoms with Crippen LogP contribution in [0, 0.1) is 5.41 Å². The second-order valence-electron chi connectivity index (χ2n) is 6.54. The number of hydrogen-bond acceptors (Lipinski definition) is 4. The average molecular weight is 303 g/mol. The highest BCUT2D eigenvalue weighted by atomic mass is 32.2. The third kappa shape index (κ3) is 3.54. The van der Waals surface area contributed by atoms with Crippen LogP contribution in [0.1, 0.15) is 32.1 Å². The molecular formula is C17H25N3S. The minimum absolute atomic E-state index is 0.500. The number of hydrogen-bond donors (Lipinski definition) is 1. The third-order valence-electron chi connectivity index (χ3n) is 4.60.